The summed E-state index contributed by atoms with van der Waals surface area (Å²) in [6.07, 6.45) is 1.48. The molecule has 0 aromatic carbocycles. The number of ether oxygens (including phenoxy) is 3. The zero-order valence-corrected chi connectivity index (χ0v) is 11.2. The maximum absolute atomic E-state index is 11.7. The highest BCUT2D eigenvalue weighted by molar-refractivity contribution is 5.77. The second-order valence-electron chi connectivity index (χ2n) is 4.71. The van der Waals surface area contributed by atoms with E-state index in [1.807, 2.05) is 6.92 Å². The van der Waals surface area contributed by atoms with Crippen LogP contribution in [0.1, 0.15) is 19.8 Å². The Bertz CT molecular complexity index is 254. The van der Waals surface area contributed by atoms with Crippen molar-refractivity contribution in [2.75, 3.05) is 40.1 Å². The maximum atomic E-state index is 11.7. The molecule has 1 aliphatic heterocycles. The molecule has 0 saturated carbocycles. The molecule has 6 heteroatoms. The Morgan fingerprint density at radius 3 is 2.72 bits per heavy atom. The van der Waals surface area contributed by atoms with Gasteiger partial charge in [0.2, 0.25) is 5.91 Å². The number of carbonyl (C=O) groups is 1. The average Bonchev–Trinajstić information content (AvgIpc) is 2.38. The van der Waals surface area contributed by atoms with Gasteiger partial charge in [-0.1, -0.05) is 0 Å². The van der Waals surface area contributed by atoms with E-state index in [2.05, 4.69) is 5.32 Å². The van der Waals surface area contributed by atoms with E-state index in [4.69, 9.17) is 19.9 Å². The molecule has 0 radical (unpaired) electrons. The van der Waals surface area contributed by atoms with Crippen LogP contribution in [-0.4, -0.2) is 57.6 Å². The lowest BCUT2D eigenvalue weighted by Crippen LogP contribution is -2.48. The number of nitrogens with two attached hydrogens (primary N) is 1. The Morgan fingerprint density at radius 1 is 1.50 bits per heavy atom. The molecular formula is C12H24N2O4. The monoisotopic (exact) mass is 260 g/mol. The van der Waals surface area contributed by atoms with E-state index >= 15 is 0 Å². The summed E-state index contributed by atoms with van der Waals surface area (Å²) in [5.74, 6) is -0.140. The Balaban J connectivity index is 2.31. The summed E-state index contributed by atoms with van der Waals surface area (Å²) < 4.78 is 15.9. The van der Waals surface area contributed by atoms with Gasteiger partial charge in [-0.15, -0.1) is 0 Å². The fourth-order valence-electron chi connectivity index (χ4n) is 1.98. The molecule has 1 heterocycles. The smallest absolute Gasteiger partial charge is 0.246 e. The SMILES string of the molecule is COCC(C)NC(=O)COC1(CN)CCOCC1. The van der Waals surface area contributed by atoms with Crippen molar-refractivity contribution < 1.29 is 19.0 Å². The summed E-state index contributed by atoms with van der Waals surface area (Å²) in [6.45, 7) is 4.09. The molecule has 1 fully saturated rings. The molecule has 1 rings (SSSR count). The lowest BCUT2D eigenvalue weighted by atomic mass is 9.94. The van der Waals surface area contributed by atoms with Gasteiger partial charge in [-0.25, -0.2) is 0 Å². The molecule has 18 heavy (non-hydrogen) atoms. The highest BCUT2D eigenvalue weighted by atomic mass is 16.5. The predicted molar refractivity (Wildman–Crippen MR) is 67.3 cm³/mol. The van der Waals surface area contributed by atoms with Crippen molar-refractivity contribution >= 4 is 5.91 Å². The molecule has 1 aliphatic rings. The zero-order valence-electron chi connectivity index (χ0n) is 11.2. The van der Waals surface area contributed by atoms with Crippen LogP contribution in [0, 0.1) is 0 Å². The van der Waals surface area contributed by atoms with Gasteiger partial charge in [0.25, 0.3) is 0 Å². The third-order valence-corrected chi connectivity index (χ3v) is 3.11. The molecule has 1 unspecified atom stereocenters. The minimum Gasteiger partial charge on any atom is -0.383 e. The molecular weight excluding hydrogens is 236 g/mol. The van der Waals surface area contributed by atoms with Gasteiger partial charge < -0.3 is 25.3 Å². The quantitative estimate of drug-likeness (QED) is 0.654. The predicted octanol–water partition coefficient (Wildman–Crippen LogP) is -0.338. The summed E-state index contributed by atoms with van der Waals surface area (Å²) in [7, 11) is 1.60. The summed E-state index contributed by atoms with van der Waals surface area (Å²) in [5.41, 5.74) is 5.34. The van der Waals surface area contributed by atoms with Crippen LogP contribution in [0.2, 0.25) is 0 Å². The fourth-order valence-corrected chi connectivity index (χ4v) is 1.98. The largest absolute Gasteiger partial charge is 0.383 e. The topological polar surface area (TPSA) is 82.8 Å². The number of carbonyl (C=O) groups excluding carboxylic acids is 1. The van der Waals surface area contributed by atoms with Crippen molar-refractivity contribution in [2.45, 2.75) is 31.4 Å². The maximum Gasteiger partial charge on any atom is 0.246 e. The van der Waals surface area contributed by atoms with Crippen LogP contribution >= 0.6 is 0 Å². The van der Waals surface area contributed by atoms with Crippen LogP contribution in [-0.2, 0) is 19.0 Å². The third kappa shape index (κ3) is 4.89. The molecule has 0 spiro atoms. The summed E-state index contributed by atoms with van der Waals surface area (Å²) >= 11 is 0. The van der Waals surface area contributed by atoms with E-state index < -0.39 is 5.60 Å². The summed E-state index contributed by atoms with van der Waals surface area (Å²) in [5, 5.41) is 2.80. The van der Waals surface area contributed by atoms with Gasteiger partial charge in [0.15, 0.2) is 0 Å². The first-order valence-electron chi connectivity index (χ1n) is 6.32. The van der Waals surface area contributed by atoms with E-state index in [9.17, 15) is 4.79 Å². The van der Waals surface area contributed by atoms with Crippen molar-refractivity contribution in [2.24, 2.45) is 5.73 Å². The summed E-state index contributed by atoms with van der Waals surface area (Å²) in [6, 6.07) is -0.0189. The van der Waals surface area contributed by atoms with E-state index in [-0.39, 0.29) is 18.6 Å². The van der Waals surface area contributed by atoms with Crippen LogP contribution in [0.15, 0.2) is 0 Å². The molecule has 3 N–H and O–H groups in total. The van der Waals surface area contributed by atoms with E-state index in [1.54, 1.807) is 7.11 Å². The van der Waals surface area contributed by atoms with Crippen molar-refractivity contribution in [3.8, 4) is 0 Å². The molecule has 6 nitrogen and oxygen atoms in total. The van der Waals surface area contributed by atoms with Gasteiger partial charge >= 0.3 is 0 Å². The van der Waals surface area contributed by atoms with E-state index in [0.29, 0.717) is 26.4 Å². The highest BCUT2D eigenvalue weighted by Gasteiger charge is 2.32. The van der Waals surface area contributed by atoms with Crippen molar-refractivity contribution in [1.29, 1.82) is 0 Å². The lowest BCUT2D eigenvalue weighted by Gasteiger charge is -2.35. The lowest BCUT2D eigenvalue weighted by molar-refractivity contribution is -0.142. The highest BCUT2D eigenvalue weighted by Crippen LogP contribution is 2.23. The first kappa shape index (κ1) is 15.4. The first-order valence-corrected chi connectivity index (χ1v) is 6.32. The van der Waals surface area contributed by atoms with Crippen LogP contribution in [0.5, 0.6) is 0 Å². The van der Waals surface area contributed by atoms with Gasteiger partial charge in [0.1, 0.15) is 6.61 Å². The minimum atomic E-state index is -0.403. The molecule has 0 aromatic rings. The average molecular weight is 260 g/mol. The Kier molecular flexibility index (Phi) is 6.56. The van der Waals surface area contributed by atoms with Crippen LogP contribution in [0.4, 0.5) is 0 Å². The summed E-state index contributed by atoms with van der Waals surface area (Å²) in [4.78, 5) is 11.7. The minimum absolute atomic E-state index is 0.0189. The second kappa shape index (κ2) is 7.68. The van der Waals surface area contributed by atoms with Crippen molar-refractivity contribution in [1.82, 2.24) is 5.32 Å². The number of methoxy groups -OCH3 is 1. The fraction of sp³-hybridized carbons (Fsp3) is 0.917. The first-order chi connectivity index (χ1) is 8.62. The van der Waals surface area contributed by atoms with Gasteiger partial charge in [-0.05, 0) is 6.92 Å². The molecule has 1 saturated heterocycles. The van der Waals surface area contributed by atoms with Crippen LogP contribution < -0.4 is 11.1 Å². The van der Waals surface area contributed by atoms with Crippen molar-refractivity contribution in [3.63, 3.8) is 0 Å². The van der Waals surface area contributed by atoms with Crippen LogP contribution in [0.25, 0.3) is 0 Å². The van der Waals surface area contributed by atoms with Gasteiger partial charge in [0.05, 0.1) is 12.2 Å². The molecule has 0 bridgehead atoms. The van der Waals surface area contributed by atoms with E-state index in [1.165, 1.54) is 0 Å². The van der Waals surface area contributed by atoms with Crippen molar-refractivity contribution in [3.05, 3.63) is 0 Å². The molecule has 1 amide bonds. The standard InChI is InChI=1S/C12H24N2O4/c1-10(7-16-2)14-11(15)8-18-12(9-13)3-5-17-6-4-12/h10H,3-9,13H2,1-2H3,(H,14,15). The molecule has 0 aliphatic carbocycles. The second-order valence-corrected chi connectivity index (χ2v) is 4.71. The van der Waals surface area contributed by atoms with Gasteiger partial charge in [0, 0.05) is 45.8 Å². The zero-order chi connectivity index (χ0) is 13.4. The normalized spacial score (nSPS) is 20.4. The third-order valence-electron chi connectivity index (χ3n) is 3.11. The molecule has 1 atom stereocenters. The van der Waals surface area contributed by atoms with Gasteiger partial charge in [-0.3, -0.25) is 4.79 Å². The van der Waals surface area contributed by atoms with Gasteiger partial charge in [-0.2, -0.15) is 0 Å². The van der Waals surface area contributed by atoms with E-state index in [0.717, 1.165) is 12.8 Å². The number of amides is 1. The molecule has 106 valence electrons. The number of hydrogen-bond donors (Lipinski definition) is 2. The molecule has 0 aromatic heterocycles. The number of hydrogen-bond acceptors (Lipinski definition) is 5. The Morgan fingerprint density at radius 2 is 2.17 bits per heavy atom. The number of nitrogens with one attached hydrogen (secondary N) is 1. The van der Waals surface area contributed by atoms with Crippen LogP contribution in [0.3, 0.4) is 0 Å². The number of rotatable bonds is 7. The Hall–Kier alpha value is -0.690. The Labute approximate surface area is 108 Å².